The number of fused-ring (bicyclic) bond motifs is 1. The summed E-state index contributed by atoms with van der Waals surface area (Å²) in [5.41, 5.74) is 0.961. The van der Waals surface area contributed by atoms with Gasteiger partial charge in [0.1, 0.15) is 5.69 Å². The van der Waals surface area contributed by atoms with Crippen LogP contribution in [0.2, 0.25) is 5.02 Å². The van der Waals surface area contributed by atoms with Gasteiger partial charge in [-0.05, 0) is 18.9 Å². The number of carbonyl (C=O) groups is 2. The molecule has 1 saturated heterocycles. The standard InChI is InChI=1S/C19H21ClN6O3S/c1-24-12-13(20)11-15(24)19(28)26-7-3-14(4-8-26)30(2,29)23-18(27)16-17-22-6-10-25(17)9-5-21-16/h5-6,9-12,14H,3-4,7-8H2,1-2H3. The van der Waals surface area contributed by atoms with Gasteiger partial charge in [-0.1, -0.05) is 11.6 Å². The van der Waals surface area contributed by atoms with Gasteiger partial charge in [0, 0.05) is 62.6 Å². The Morgan fingerprint density at radius 3 is 2.50 bits per heavy atom. The average molecular weight is 449 g/mol. The van der Waals surface area contributed by atoms with Crippen molar-refractivity contribution in [2.24, 2.45) is 11.4 Å². The fourth-order valence-corrected chi connectivity index (χ4v) is 5.58. The summed E-state index contributed by atoms with van der Waals surface area (Å²) in [4.78, 5) is 35.3. The third-order valence-electron chi connectivity index (χ3n) is 5.32. The molecule has 0 radical (unpaired) electrons. The summed E-state index contributed by atoms with van der Waals surface area (Å²) in [5.74, 6) is -0.759. The summed E-state index contributed by atoms with van der Waals surface area (Å²) < 4.78 is 20.6. The first kappa shape index (κ1) is 20.5. The van der Waals surface area contributed by atoms with Crippen molar-refractivity contribution in [3.63, 3.8) is 0 Å². The Hall–Kier alpha value is -2.72. The van der Waals surface area contributed by atoms with Gasteiger partial charge in [0.15, 0.2) is 11.3 Å². The first-order valence-corrected chi connectivity index (χ1v) is 11.8. The van der Waals surface area contributed by atoms with E-state index in [2.05, 4.69) is 14.3 Å². The van der Waals surface area contributed by atoms with E-state index >= 15 is 0 Å². The molecular weight excluding hydrogens is 428 g/mol. The van der Waals surface area contributed by atoms with Crippen LogP contribution >= 0.6 is 11.6 Å². The number of rotatable bonds is 3. The molecule has 158 valence electrons. The van der Waals surface area contributed by atoms with Gasteiger partial charge < -0.3 is 13.9 Å². The van der Waals surface area contributed by atoms with E-state index in [1.807, 2.05) is 0 Å². The minimum Gasteiger partial charge on any atom is -0.345 e. The molecule has 3 aromatic rings. The van der Waals surface area contributed by atoms with Gasteiger partial charge in [0.05, 0.1) is 14.8 Å². The first-order valence-electron chi connectivity index (χ1n) is 9.40. The normalized spacial score (nSPS) is 17.1. The highest BCUT2D eigenvalue weighted by molar-refractivity contribution is 7.93. The summed E-state index contributed by atoms with van der Waals surface area (Å²) in [6, 6.07) is 1.64. The van der Waals surface area contributed by atoms with Crippen LogP contribution in [0.1, 0.15) is 33.8 Å². The molecule has 9 nitrogen and oxygen atoms in total. The highest BCUT2D eigenvalue weighted by atomic mass is 35.5. The molecule has 1 aliphatic rings. The van der Waals surface area contributed by atoms with E-state index in [-0.39, 0.29) is 16.9 Å². The molecule has 0 N–H and O–H groups in total. The number of imidazole rings is 1. The lowest BCUT2D eigenvalue weighted by atomic mass is 10.1. The molecule has 0 spiro atoms. The zero-order chi connectivity index (χ0) is 21.5. The Bertz CT molecular complexity index is 1250. The second kappa shape index (κ2) is 7.84. The summed E-state index contributed by atoms with van der Waals surface area (Å²) in [5, 5.41) is 0.215. The van der Waals surface area contributed by atoms with Crippen LogP contribution < -0.4 is 0 Å². The smallest absolute Gasteiger partial charge is 0.307 e. The third kappa shape index (κ3) is 3.84. The fraction of sp³-hybridized carbons (Fsp3) is 0.368. The van der Waals surface area contributed by atoms with E-state index in [4.69, 9.17) is 11.6 Å². The molecule has 0 bridgehead atoms. The van der Waals surface area contributed by atoms with Crippen LogP contribution in [0.4, 0.5) is 0 Å². The molecule has 1 aliphatic heterocycles. The molecule has 2 amide bonds. The van der Waals surface area contributed by atoms with E-state index in [0.29, 0.717) is 42.3 Å². The Morgan fingerprint density at radius 2 is 1.87 bits per heavy atom. The van der Waals surface area contributed by atoms with Gasteiger partial charge in [0.2, 0.25) is 0 Å². The molecule has 1 unspecified atom stereocenters. The minimum atomic E-state index is -2.82. The van der Waals surface area contributed by atoms with Gasteiger partial charge in [-0.3, -0.25) is 9.59 Å². The largest absolute Gasteiger partial charge is 0.345 e. The van der Waals surface area contributed by atoms with E-state index in [1.54, 1.807) is 51.8 Å². The van der Waals surface area contributed by atoms with Crippen LogP contribution in [0.25, 0.3) is 5.65 Å². The predicted octanol–water partition coefficient (Wildman–Crippen LogP) is 2.26. The Morgan fingerprint density at radius 1 is 1.20 bits per heavy atom. The number of piperidine rings is 1. The Balaban J connectivity index is 1.49. The van der Waals surface area contributed by atoms with E-state index in [9.17, 15) is 13.8 Å². The summed E-state index contributed by atoms with van der Waals surface area (Å²) in [6.45, 7) is 0.879. The number of hydrogen-bond acceptors (Lipinski definition) is 5. The topological polar surface area (TPSA) is 102 Å². The number of aryl methyl sites for hydroxylation is 1. The zero-order valence-corrected chi connectivity index (χ0v) is 18.1. The molecule has 0 aliphatic carbocycles. The number of nitrogens with zero attached hydrogens (tertiary/aromatic N) is 6. The second-order valence-corrected chi connectivity index (χ2v) is 10.3. The monoisotopic (exact) mass is 448 g/mol. The number of hydrogen-bond donors (Lipinski definition) is 0. The average Bonchev–Trinajstić information content (AvgIpc) is 3.32. The van der Waals surface area contributed by atoms with Crippen LogP contribution in [-0.2, 0) is 16.8 Å². The number of likely N-dealkylation sites (tertiary alicyclic amines) is 1. The van der Waals surface area contributed by atoms with Crippen LogP contribution in [0.3, 0.4) is 0 Å². The van der Waals surface area contributed by atoms with Crippen molar-refractivity contribution >= 4 is 38.8 Å². The van der Waals surface area contributed by atoms with Crippen LogP contribution in [0.5, 0.6) is 0 Å². The fourth-order valence-electron chi connectivity index (χ4n) is 3.68. The number of amides is 2. The molecule has 1 atom stereocenters. The van der Waals surface area contributed by atoms with Gasteiger partial charge in [-0.15, -0.1) is 0 Å². The van der Waals surface area contributed by atoms with Gasteiger partial charge in [-0.2, -0.15) is 4.36 Å². The lowest BCUT2D eigenvalue weighted by Crippen LogP contribution is -2.42. The second-order valence-electron chi connectivity index (χ2n) is 7.34. The predicted molar refractivity (Wildman–Crippen MR) is 113 cm³/mol. The third-order valence-corrected chi connectivity index (χ3v) is 7.76. The van der Waals surface area contributed by atoms with Crippen molar-refractivity contribution in [1.82, 2.24) is 23.8 Å². The molecule has 11 heteroatoms. The van der Waals surface area contributed by atoms with Crippen molar-refractivity contribution < 1.29 is 13.8 Å². The summed E-state index contributed by atoms with van der Waals surface area (Å²) in [7, 11) is -1.05. The summed E-state index contributed by atoms with van der Waals surface area (Å²) >= 11 is 5.97. The molecule has 0 saturated carbocycles. The molecule has 4 rings (SSSR count). The van der Waals surface area contributed by atoms with Gasteiger partial charge >= 0.3 is 5.91 Å². The molecule has 3 aromatic heterocycles. The highest BCUT2D eigenvalue weighted by Gasteiger charge is 2.30. The lowest BCUT2D eigenvalue weighted by molar-refractivity contribution is 0.0716. The van der Waals surface area contributed by atoms with Crippen LogP contribution in [0.15, 0.2) is 41.4 Å². The molecule has 4 heterocycles. The van der Waals surface area contributed by atoms with Crippen molar-refractivity contribution in [1.29, 1.82) is 0 Å². The number of aromatic nitrogens is 4. The zero-order valence-electron chi connectivity index (χ0n) is 16.6. The number of halogens is 1. The van der Waals surface area contributed by atoms with Crippen molar-refractivity contribution in [2.45, 2.75) is 18.1 Å². The molecule has 0 aromatic carbocycles. The van der Waals surface area contributed by atoms with Crippen molar-refractivity contribution in [3.05, 3.63) is 53.5 Å². The van der Waals surface area contributed by atoms with Crippen molar-refractivity contribution in [2.75, 3.05) is 19.3 Å². The Labute approximate surface area is 178 Å². The maximum atomic E-state index is 13.2. The summed E-state index contributed by atoms with van der Waals surface area (Å²) in [6.07, 6.45) is 10.6. The molecular formula is C19H21ClN6O3S. The molecule has 30 heavy (non-hydrogen) atoms. The van der Waals surface area contributed by atoms with Crippen molar-refractivity contribution in [3.8, 4) is 0 Å². The number of carbonyl (C=O) groups excluding carboxylic acids is 2. The van der Waals surface area contributed by atoms with E-state index in [1.165, 1.54) is 12.5 Å². The van der Waals surface area contributed by atoms with E-state index < -0.39 is 15.6 Å². The maximum Gasteiger partial charge on any atom is 0.307 e. The quantitative estimate of drug-likeness (QED) is 0.611. The first-order chi connectivity index (χ1) is 14.3. The minimum absolute atomic E-state index is 0.0743. The highest BCUT2D eigenvalue weighted by Crippen LogP contribution is 2.22. The SMILES string of the molecule is Cn1cc(Cl)cc1C(=O)N1CCC(S(C)(=O)=NC(=O)c2nccn3ccnc23)CC1. The van der Waals surface area contributed by atoms with Crippen LogP contribution in [0, 0.1) is 0 Å². The Kier molecular flexibility index (Phi) is 5.37. The molecule has 1 fully saturated rings. The maximum absolute atomic E-state index is 13.2. The van der Waals surface area contributed by atoms with Gasteiger partial charge in [0.25, 0.3) is 5.91 Å². The lowest BCUT2D eigenvalue weighted by Gasteiger charge is -2.32. The van der Waals surface area contributed by atoms with Gasteiger partial charge in [-0.25, -0.2) is 14.2 Å². The van der Waals surface area contributed by atoms with E-state index in [0.717, 1.165) is 0 Å². The van der Waals surface area contributed by atoms with Crippen LogP contribution in [-0.4, -0.2) is 64.5 Å².